The number of nitrogens with one attached hydrogen (secondary N) is 1. The summed E-state index contributed by atoms with van der Waals surface area (Å²) >= 11 is 0. The molecular weight excluding hydrogens is 393 g/mol. The quantitative estimate of drug-likeness (QED) is 0.465. The van der Waals surface area contributed by atoms with E-state index < -0.39 is 37.5 Å². The van der Waals surface area contributed by atoms with E-state index in [4.69, 9.17) is 0 Å². The summed E-state index contributed by atoms with van der Waals surface area (Å²) in [6.45, 7) is 0.0432. The Morgan fingerprint density at radius 3 is 2.34 bits per heavy atom. The molecule has 0 heterocycles. The summed E-state index contributed by atoms with van der Waals surface area (Å²) in [6.07, 6.45) is 1.40. The Morgan fingerprint density at radius 1 is 1.03 bits per heavy atom. The Hall–Kier alpha value is -2.73. The summed E-state index contributed by atoms with van der Waals surface area (Å²) in [5.74, 6) is -3.00. The Bertz CT molecular complexity index is 1080. The molecule has 2 unspecified atom stereocenters. The molecular formula is C21H22NO6P. The molecule has 4 N–H and O–H groups in total. The molecule has 29 heavy (non-hydrogen) atoms. The van der Waals surface area contributed by atoms with Crippen LogP contribution in [0.5, 0.6) is 0 Å². The van der Waals surface area contributed by atoms with E-state index in [-0.39, 0.29) is 18.5 Å². The Morgan fingerprint density at radius 2 is 1.69 bits per heavy atom. The molecule has 2 aromatic carbocycles. The van der Waals surface area contributed by atoms with Crippen LogP contribution in [0.15, 0.2) is 54.6 Å². The summed E-state index contributed by atoms with van der Waals surface area (Å²) in [5, 5.41) is 13.7. The van der Waals surface area contributed by atoms with E-state index in [1.165, 1.54) is 0 Å². The number of fused-ring (bicyclic) bond motifs is 1. The second kappa shape index (κ2) is 8.74. The summed E-state index contributed by atoms with van der Waals surface area (Å²) in [4.78, 5) is 43.2. The van der Waals surface area contributed by atoms with Gasteiger partial charge in [-0.1, -0.05) is 60.7 Å². The molecule has 2 atom stereocenters. The van der Waals surface area contributed by atoms with Crippen molar-refractivity contribution in [2.75, 3.05) is 12.7 Å². The van der Waals surface area contributed by atoms with E-state index in [0.717, 1.165) is 10.8 Å². The Labute approximate surface area is 167 Å². The van der Waals surface area contributed by atoms with Crippen molar-refractivity contribution in [2.45, 2.75) is 6.42 Å². The fraction of sp³-hybridized carbons (Fsp3) is 0.238. The first-order valence-corrected chi connectivity index (χ1v) is 10.9. The van der Waals surface area contributed by atoms with Crippen molar-refractivity contribution in [1.29, 1.82) is 0 Å². The molecule has 2 aromatic rings. The highest BCUT2D eigenvalue weighted by Gasteiger charge is 2.29. The topological polar surface area (TPSA) is 124 Å². The second-order valence-corrected chi connectivity index (χ2v) is 8.75. The normalized spacial score (nSPS) is 16.6. The monoisotopic (exact) mass is 415 g/mol. The van der Waals surface area contributed by atoms with Crippen molar-refractivity contribution in [3.05, 3.63) is 70.6 Å². The van der Waals surface area contributed by atoms with Crippen LogP contribution in [0, 0.1) is 11.8 Å². The van der Waals surface area contributed by atoms with Gasteiger partial charge in [-0.3, -0.25) is 9.36 Å². The average Bonchev–Trinajstić information content (AvgIpc) is 3.04. The van der Waals surface area contributed by atoms with Crippen LogP contribution < -0.4 is 15.8 Å². The lowest BCUT2D eigenvalue weighted by atomic mass is 9.98. The average molecular weight is 415 g/mol. The van der Waals surface area contributed by atoms with Crippen LogP contribution in [0.25, 0.3) is 11.6 Å². The largest absolute Gasteiger partial charge is 0.478 e. The van der Waals surface area contributed by atoms with Crippen molar-refractivity contribution in [1.82, 2.24) is 5.32 Å². The molecule has 1 aliphatic carbocycles. The minimum absolute atomic E-state index is 0.0432. The highest BCUT2D eigenvalue weighted by Crippen LogP contribution is 2.37. The van der Waals surface area contributed by atoms with Crippen LogP contribution in [0.1, 0.15) is 5.56 Å². The van der Waals surface area contributed by atoms with Gasteiger partial charge < -0.3 is 20.2 Å². The molecule has 7 nitrogen and oxygen atoms in total. The first-order chi connectivity index (χ1) is 13.7. The van der Waals surface area contributed by atoms with Gasteiger partial charge in [0.15, 0.2) is 0 Å². The number of aliphatic carboxylic acids is 1. The zero-order valence-corrected chi connectivity index (χ0v) is 16.5. The van der Waals surface area contributed by atoms with Crippen LogP contribution >= 0.6 is 7.60 Å². The predicted molar refractivity (Wildman–Crippen MR) is 108 cm³/mol. The van der Waals surface area contributed by atoms with Crippen molar-refractivity contribution >= 4 is 31.1 Å². The van der Waals surface area contributed by atoms with Gasteiger partial charge in [-0.2, -0.15) is 0 Å². The lowest BCUT2D eigenvalue weighted by molar-refractivity contribution is -0.131. The van der Waals surface area contributed by atoms with Crippen LogP contribution in [0.4, 0.5) is 0 Å². The molecule has 0 bridgehead atoms. The van der Waals surface area contributed by atoms with Gasteiger partial charge in [0.25, 0.3) is 0 Å². The third-order valence-electron chi connectivity index (χ3n) is 4.88. The number of carbonyl (C=O) groups excluding carboxylic acids is 1. The van der Waals surface area contributed by atoms with E-state index in [2.05, 4.69) is 5.32 Å². The van der Waals surface area contributed by atoms with Crippen LogP contribution in [0.2, 0.25) is 0 Å². The molecule has 0 aromatic heterocycles. The standard InChI is InChI=1S/C21H22NO6P/c23-20(17(13-29(26,27)28)10-14-6-2-1-3-7-14)22-12-16-11-15-8-4-5-9-18(15)19(16)21(24)25/h1-9,11,16-17H,10,12-13H2,(H,22,23)(H,24,25)(H2,26,27,28). The van der Waals surface area contributed by atoms with Gasteiger partial charge in [0.05, 0.1) is 17.7 Å². The molecule has 0 aliphatic heterocycles. The van der Waals surface area contributed by atoms with Gasteiger partial charge in [0.2, 0.25) is 5.91 Å². The van der Waals surface area contributed by atoms with E-state index in [9.17, 15) is 29.0 Å². The number of benzene rings is 2. The molecule has 0 spiro atoms. The number of carboxylic acid groups (broad SMARTS) is 1. The van der Waals surface area contributed by atoms with Crippen molar-refractivity contribution in [3.8, 4) is 0 Å². The molecule has 3 rings (SSSR count). The smallest absolute Gasteiger partial charge is 0.332 e. The third kappa shape index (κ3) is 5.41. The molecule has 152 valence electrons. The molecule has 1 aliphatic rings. The van der Waals surface area contributed by atoms with Gasteiger partial charge in [-0.25, -0.2) is 4.79 Å². The van der Waals surface area contributed by atoms with Crippen molar-refractivity contribution in [3.63, 3.8) is 0 Å². The van der Waals surface area contributed by atoms with Gasteiger partial charge in [-0.05, 0) is 22.4 Å². The number of hydrogen-bond donors (Lipinski definition) is 4. The minimum Gasteiger partial charge on any atom is -0.478 e. The van der Waals surface area contributed by atoms with Gasteiger partial charge in [0, 0.05) is 12.5 Å². The lowest BCUT2D eigenvalue weighted by Gasteiger charge is -2.19. The highest BCUT2D eigenvalue weighted by atomic mass is 31.2. The number of amides is 1. The summed E-state index contributed by atoms with van der Waals surface area (Å²) in [7, 11) is -4.41. The van der Waals surface area contributed by atoms with Gasteiger partial charge in [-0.15, -0.1) is 0 Å². The maximum Gasteiger partial charge on any atom is 0.332 e. The third-order valence-corrected chi connectivity index (χ3v) is 5.80. The van der Waals surface area contributed by atoms with E-state index in [1.807, 2.05) is 18.2 Å². The van der Waals surface area contributed by atoms with E-state index in [1.54, 1.807) is 42.5 Å². The summed E-state index contributed by atoms with van der Waals surface area (Å²) in [5.41, 5.74) is 0.995. The maximum atomic E-state index is 12.7. The van der Waals surface area contributed by atoms with Crippen LogP contribution in [0.3, 0.4) is 0 Å². The molecule has 1 amide bonds. The highest BCUT2D eigenvalue weighted by molar-refractivity contribution is 7.51. The molecule has 0 radical (unpaired) electrons. The Kier molecular flexibility index (Phi) is 6.33. The molecule has 0 fully saturated rings. The fourth-order valence-electron chi connectivity index (χ4n) is 3.60. The number of hydrogen-bond acceptors (Lipinski definition) is 3. The number of carboxylic acids is 1. The predicted octanol–water partition coefficient (Wildman–Crippen LogP) is 0.485. The minimum atomic E-state index is -4.41. The van der Waals surface area contributed by atoms with E-state index in [0.29, 0.717) is 5.22 Å². The Balaban J connectivity index is 1.75. The molecule has 8 heteroatoms. The maximum absolute atomic E-state index is 12.7. The van der Waals surface area contributed by atoms with Crippen LogP contribution in [-0.2, 0) is 20.6 Å². The van der Waals surface area contributed by atoms with Crippen LogP contribution in [-0.4, -0.2) is 39.5 Å². The zero-order valence-electron chi connectivity index (χ0n) is 15.6. The first kappa shape index (κ1) is 21.0. The lowest BCUT2D eigenvalue weighted by Crippen LogP contribution is -2.37. The molecule has 0 saturated carbocycles. The van der Waals surface area contributed by atoms with Gasteiger partial charge >= 0.3 is 13.6 Å². The summed E-state index contributed by atoms with van der Waals surface area (Å²) < 4.78 is 11.5. The van der Waals surface area contributed by atoms with E-state index >= 15 is 0 Å². The SMILES string of the molecule is O=C(O)C1=c2ccccc2=CC1CNC(=O)C(Cc1ccccc1)CP(=O)(O)O. The van der Waals surface area contributed by atoms with Crippen molar-refractivity contribution in [2.24, 2.45) is 11.8 Å². The van der Waals surface area contributed by atoms with Gasteiger partial charge in [0.1, 0.15) is 0 Å². The zero-order chi connectivity index (χ0) is 21.0. The van der Waals surface area contributed by atoms with Crippen molar-refractivity contribution < 1.29 is 29.0 Å². The fourth-order valence-corrected chi connectivity index (χ4v) is 4.47. The number of rotatable bonds is 8. The molecule has 0 saturated heterocycles. The first-order valence-electron chi connectivity index (χ1n) is 9.15. The second-order valence-electron chi connectivity index (χ2n) is 7.06. The number of carbonyl (C=O) groups is 2. The summed E-state index contributed by atoms with van der Waals surface area (Å²) in [6, 6.07) is 16.1.